The standard InChI is InChI=1S/C21H21N5O2S/c1-4-10-25-18(27)14-12-22-20(29-3)23-17(14)26(25)13-6-7-15-16(11-13)24(5-2)19(28)21(15)8-9-21/h4,6-7,11-12H,1,5,8-10H2,2-3H3. The Morgan fingerprint density at radius 3 is 2.76 bits per heavy atom. The Morgan fingerprint density at radius 2 is 2.10 bits per heavy atom. The third-order valence-corrected chi connectivity index (χ3v) is 6.45. The van der Waals surface area contributed by atoms with Gasteiger partial charge in [0.1, 0.15) is 5.39 Å². The summed E-state index contributed by atoms with van der Waals surface area (Å²) in [4.78, 5) is 36.6. The van der Waals surface area contributed by atoms with E-state index in [1.165, 1.54) is 11.8 Å². The van der Waals surface area contributed by atoms with Crippen molar-refractivity contribution < 1.29 is 4.79 Å². The molecule has 0 saturated heterocycles. The molecule has 0 radical (unpaired) electrons. The molecule has 1 aliphatic heterocycles. The molecular formula is C21H21N5O2S. The summed E-state index contributed by atoms with van der Waals surface area (Å²) in [5, 5.41) is 1.07. The molecule has 2 aliphatic rings. The summed E-state index contributed by atoms with van der Waals surface area (Å²) >= 11 is 1.43. The van der Waals surface area contributed by atoms with Crippen LogP contribution < -0.4 is 10.5 Å². The molecule has 0 N–H and O–H groups in total. The minimum atomic E-state index is -0.322. The van der Waals surface area contributed by atoms with Gasteiger partial charge in [-0.3, -0.25) is 9.59 Å². The Kier molecular flexibility index (Phi) is 3.96. The molecule has 7 nitrogen and oxygen atoms in total. The third kappa shape index (κ3) is 2.38. The van der Waals surface area contributed by atoms with Crippen LogP contribution in [0.25, 0.3) is 16.7 Å². The van der Waals surface area contributed by atoms with E-state index in [0.29, 0.717) is 29.3 Å². The van der Waals surface area contributed by atoms with Gasteiger partial charge in [0.2, 0.25) is 5.91 Å². The number of carbonyl (C=O) groups excluding carboxylic acids is 1. The first-order chi connectivity index (χ1) is 14.1. The van der Waals surface area contributed by atoms with Crippen molar-refractivity contribution in [1.29, 1.82) is 0 Å². The third-order valence-electron chi connectivity index (χ3n) is 5.89. The molecule has 1 fully saturated rings. The van der Waals surface area contributed by atoms with Gasteiger partial charge in [0.05, 0.1) is 23.3 Å². The Hall–Kier alpha value is -2.87. The van der Waals surface area contributed by atoms with Gasteiger partial charge in [0.15, 0.2) is 10.8 Å². The van der Waals surface area contributed by atoms with Crippen LogP contribution in [0.2, 0.25) is 0 Å². The molecule has 1 aliphatic carbocycles. The second-order valence-corrected chi connectivity index (χ2v) is 8.19. The first kappa shape index (κ1) is 18.2. The molecule has 3 heterocycles. The van der Waals surface area contributed by atoms with Gasteiger partial charge in [0.25, 0.3) is 5.56 Å². The number of fused-ring (bicyclic) bond motifs is 3. The van der Waals surface area contributed by atoms with E-state index in [1.807, 2.05) is 41.0 Å². The van der Waals surface area contributed by atoms with Gasteiger partial charge in [-0.25, -0.2) is 19.3 Å². The summed E-state index contributed by atoms with van der Waals surface area (Å²) in [5.74, 6) is 0.194. The van der Waals surface area contributed by atoms with Crippen LogP contribution in [0.3, 0.4) is 0 Å². The van der Waals surface area contributed by atoms with Crippen molar-refractivity contribution in [2.45, 2.75) is 36.9 Å². The number of rotatable bonds is 5. The fourth-order valence-corrected chi connectivity index (χ4v) is 4.68. The highest BCUT2D eigenvalue weighted by Crippen LogP contribution is 2.57. The van der Waals surface area contributed by atoms with Gasteiger partial charge >= 0.3 is 0 Å². The number of benzene rings is 1. The first-order valence-corrected chi connectivity index (χ1v) is 10.9. The minimum absolute atomic E-state index is 0.157. The van der Waals surface area contributed by atoms with E-state index < -0.39 is 0 Å². The number of hydrogen-bond donors (Lipinski definition) is 0. The van der Waals surface area contributed by atoms with Gasteiger partial charge in [-0.2, -0.15) is 0 Å². The van der Waals surface area contributed by atoms with E-state index in [4.69, 9.17) is 0 Å². The lowest BCUT2D eigenvalue weighted by molar-refractivity contribution is -0.120. The number of aromatic nitrogens is 4. The van der Waals surface area contributed by atoms with Crippen molar-refractivity contribution >= 4 is 34.4 Å². The van der Waals surface area contributed by atoms with Crippen LogP contribution in [0.15, 0.2) is 47.0 Å². The van der Waals surface area contributed by atoms with Crippen LogP contribution in [0.5, 0.6) is 0 Å². The van der Waals surface area contributed by atoms with E-state index >= 15 is 0 Å². The lowest BCUT2D eigenvalue weighted by atomic mass is 9.98. The Morgan fingerprint density at radius 1 is 1.31 bits per heavy atom. The summed E-state index contributed by atoms with van der Waals surface area (Å²) in [6.07, 6.45) is 6.99. The average Bonchev–Trinajstić information content (AvgIpc) is 3.45. The highest BCUT2D eigenvalue weighted by atomic mass is 32.2. The molecule has 0 bridgehead atoms. The number of thioether (sulfide) groups is 1. The van der Waals surface area contributed by atoms with E-state index in [0.717, 1.165) is 29.8 Å². The molecule has 1 amide bonds. The smallest absolute Gasteiger partial charge is 0.278 e. The van der Waals surface area contributed by atoms with Crippen LogP contribution in [-0.4, -0.2) is 38.0 Å². The number of anilines is 1. The number of nitrogens with zero attached hydrogens (tertiary/aromatic N) is 5. The largest absolute Gasteiger partial charge is 0.312 e. The maximum Gasteiger partial charge on any atom is 0.278 e. The van der Waals surface area contributed by atoms with Crippen LogP contribution in [0.4, 0.5) is 5.69 Å². The molecule has 1 saturated carbocycles. The monoisotopic (exact) mass is 407 g/mol. The highest BCUT2D eigenvalue weighted by Gasteiger charge is 2.58. The van der Waals surface area contributed by atoms with E-state index in [2.05, 4.69) is 16.5 Å². The second-order valence-electron chi connectivity index (χ2n) is 7.41. The summed E-state index contributed by atoms with van der Waals surface area (Å²) in [6.45, 7) is 6.76. The van der Waals surface area contributed by atoms with Crippen LogP contribution in [0.1, 0.15) is 25.3 Å². The van der Waals surface area contributed by atoms with Crippen molar-refractivity contribution in [3.05, 3.63) is 53.0 Å². The highest BCUT2D eigenvalue weighted by molar-refractivity contribution is 7.98. The van der Waals surface area contributed by atoms with Gasteiger partial charge < -0.3 is 4.90 Å². The topological polar surface area (TPSA) is 73.0 Å². The van der Waals surface area contributed by atoms with Crippen molar-refractivity contribution in [2.24, 2.45) is 0 Å². The number of likely N-dealkylation sites (N-methyl/N-ethyl adjacent to an activating group) is 1. The van der Waals surface area contributed by atoms with E-state index in [1.54, 1.807) is 17.0 Å². The molecule has 3 aromatic rings. The molecule has 8 heteroatoms. The summed E-state index contributed by atoms with van der Waals surface area (Å²) < 4.78 is 3.43. The Labute approximate surface area is 172 Å². The number of hydrogen-bond acceptors (Lipinski definition) is 5. The number of carbonyl (C=O) groups is 1. The zero-order valence-electron chi connectivity index (χ0n) is 16.4. The van der Waals surface area contributed by atoms with Gasteiger partial charge in [-0.1, -0.05) is 23.9 Å². The SMILES string of the molecule is C=CCn1c(=O)c2cnc(SC)nc2n1-c1ccc2c(c1)N(CC)C(=O)C21CC1. The van der Waals surface area contributed by atoms with Crippen molar-refractivity contribution in [2.75, 3.05) is 17.7 Å². The minimum Gasteiger partial charge on any atom is -0.312 e. The molecule has 2 aromatic heterocycles. The van der Waals surface area contributed by atoms with Crippen LogP contribution in [-0.2, 0) is 16.8 Å². The second kappa shape index (κ2) is 6.32. The first-order valence-electron chi connectivity index (χ1n) is 9.66. The molecular weight excluding hydrogens is 386 g/mol. The van der Waals surface area contributed by atoms with Crippen molar-refractivity contribution in [1.82, 2.24) is 19.3 Å². The zero-order chi connectivity index (χ0) is 20.3. The number of allylic oxidation sites excluding steroid dienone is 1. The zero-order valence-corrected chi connectivity index (χ0v) is 17.2. The fraction of sp³-hybridized carbons (Fsp3) is 0.333. The molecule has 1 aromatic carbocycles. The molecule has 0 atom stereocenters. The van der Waals surface area contributed by atoms with Crippen molar-refractivity contribution in [3.8, 4) is 5.69 Å². The summed E-state index contributed by atoms with van der Waals surface area (Å²) in [5.41, 5.74) is 2.91. The molecule has 29 heavy (non-hydrogen) atoms. The van der Waals surface area contributed by atoms with Crippen molar-refractivity contribution in [3.63, 3.8) is 0 Å². The van der Waals surface area contributed by atoms with Gasteiger partial charge in [0, 0.05) is 12.7 Å². The fourth-order valence-electron chi connectivity index (χ4n) is 4.35. The van der Waals surface area contributed by atoms with E-state index in [-0.39, 0.29) is 16.9 Å². The molecule has 0 unspecified atom stereocenters. The van der Waals surface area contributed by atoms with Crippen LogP contribution in [0, 0.1) is 0 Å². The predicted molar refractivity (Wildman–Crippen MR) is 114 cm³/mol. The maximum atomic E-state index is 13.0. The summed E-state index contributed by atoms with van der Waals surface area (Å²) in [7, 11) is 0. The maximum absolute atomic E-state index is 13.0. The average molecular weight is 407 g/mol. The predicted octanol–water partition coefficient (Wildman–Crippen LogP) is 2.89. The quantitative estimate of drug-likeness (QED) is 0.369. The lowest BCUT2D eigenvalue weighted by Crippen LogP contribution is -2.31. The molecule has 5 rings (SSSR count). The van der Waals surface area contributed by atoms with E-state index in [9.17, 15) is 9.59 Å². The molecule has 1 spiro atoms. The number of amides is 1. The summed E-state index contributed by atoms with van der Waals surface area (Å²) in [6, 6.07) is 6.02. The Bertz CT molecular complexity index is 1240. The van der Waals surface area contributed by atoms with Gasteiger partial charge in [-0.05, 0) is 43.7 Å². The van der Waals surface area contributed by atoms with Crippen LogP contribution >= 0.6 is 11.8 Å². The normalized spacial score (nSPS) is 16.6. The molecule has 148 valence electrons. The Balaban J connectivity index is 1.78. The van der Waals surface area contributed by atoms with Gasteiger partial charge in [-0.15, -0.1) is 6.58 Å². The lowest BCUT2D eigenvalue weighted by Gasteiger charge is -2.17.